The zero-order chi connectivity index (χ0) is 22.9. The zero-order valence-corrected chi connectivity index (χ0v) is 18.6. The Hall–Kier alpha value is -3.66. The van der Waals surface area contributed by atoms with Crippen LogP contribution in [0.4, 0.5) is 0 Å². The summed E-state index contributed by atoms with van der Waals surface area (Å²) in [7, 11) is 1.50. The van der Waals surface area contributed by atoms with Gasteiger partial charge < -0.3 is 9.64 Å². The molecule has 0 unspecified atom stereocenters. The number of fused-ring (bicyclic) bond motifs is 3. The molecule has 10 nitrogen and oxygen atoms in total. The van der Waals surface area contributed by atoms with Crippen molar-refractivity contribution in [2.45, 2.75) is 32.2 Å². The number of aromatic nitrogens is 6. The third-order valence-corrected chi connectivity index (χ3v) is 6.18. The quantitative estimate of drug-likeness (QED) is 0.462. The molecule has 0 aliphatic carbocycles. The van der Waals surface area contributed by atoms with Crippen LogP contribution in [0.2, 0.25) is 0 Å². The Labute approximate surface area is 189 Å². The minimum Gasteiger partial charge on any atom is -0.467 e. The van der Waals surface area contributed by atoms with Crippen LogP contribution in [0.25, 0.3) is 33.2 Å². The summed E-state index contributed by atoms with van der Waals surface area (Å²) in [5.41, 5.74) is 2.11. The van der Waals surface area contributed by atoms with Crippen molar-refractivity contribution in [3.8, 4) is 17.3 Å². The number of methoxy groups -OCH3 is 1. The fourth-order valence-electron chi connectivity index (χ4n) is 4.57. The Morgan fingerprint density at radius 3 is 2.55 bits per heavy atom. The molecule has 1 fully saturated rings. The number of pyridine rings is 2. The van der Waals surface area contributed by atoms with E-state index in [4.69, 9.17) is 9.72 Å². The smallest absolute Gasteiger partial charge is 0.329 e. The van der Waals surface area contributed by atoms with Gasteiger partial charge in [0.1, 0.15) is 5.52 Å². The lowest BCUT2D eigenvalue weighted by atomic mass is 10.0. The number of nitrogens with one attached hydrogen (secondary N) is 1. The SMILES string of the molecule is CCCN1CCC(n2c(=O)[nH]c(=O)c3cnc4ccc(-c5cnc(OC)nc5)nc4c32)CC1. The van der Waals surface area contributed by atoms with Gasteiger partial charge in [-0.05, 0) is 37.9 Å². The number of rotatable bonds is 5. The highest BCUT2D eigenvalue weighted by Gasteiger charge is 2.24. The average molecular weight is 447 g/mol. The molecule has 10 heteroatoms. The van der Waals surface area contributed by atoms with Gasteiger partial charge in [-0.15, -0.1) is 0 Å². The van der Waals surface area contributed by atoms with Gasteiger partial charge in [0, 0.05) is 43.3 Å². The van der Waals surface area contributed by atoms with Gasteiger partial charge in [0.2, 0.25) is 0 Å². The maximum atomic E-state index is 13.0. The van der Waals surface area contributed by atoms with Crippen molar-refractivity contribution in [3.63, 3.8) is 0 Å². The van der Waals surface area contributed by atoms with Crippen LogP contribution in [-0.2, 0) is 0 Å². The molecule has 4 aromatic heterocycles. The lowest BCUT2D eigenvalue weighted by molar-refractivity contribution is 0.186. The molecular formula is C23H25N7O3. The van der Waals surface area contributed by atoms with Crippen molar-refractivity contribution in [1.82, 2.24) is 34.4 Å². The Kier molecular flexibility index (Phi) is 5.59. The van der Waals surface area contributed by atoms with E-state index in [2.05, 4.69) is 31.8 Å². The third-order valence-electron chi connectivity index (χ3n) is 6.18. The van der Waals surface area contributed by atoms with Crippen LogP contribution in [-0.4, -0.2) is 61.1 Å². The largest absolute Gasteiger partial charge is 0.467 e. The van der Waals surface area contributed by atoms with E-state index in [1.807, 2.05) is 12.1 Å². The summed E-state index contributed by atoms with van der Waals surface area (Å²) in [5.74, 6) is 0. The molecule has 0 radical (unpaired) electrons. The number of ether oxygens (including phenoxy) is 1. The lowest BCUT2D eigenvalue weighted by Crippen LogP contribution is -2.40. The number of nitrogens with zero attached hydrogens (tertiary/aromatic N) is 6. The Bertz CT molecular complexity index is 1420. The van der Waals surface area contributed by atoms with Crippen LogP contribution in [0.1, 0.15) is 32.2 Å². The number of H-pyrrole nitrogens is 1. The molecule has 4 aromatic rings. The molecule has 170 valence electrons. The van der Waals surface area contributed by atoms with Gasteiger partial charge in [-0.25, -0.2) is 19.7 Å². The predicted molar refractivity (Wildman–Crippen MR) is 125 cm³/mol. The van der Waals surface area contributed by atoms with E-state index in [0.717, 1.165) is 38.9 Å². The highest BCUT2D eigenvalue weighted by atomic mass is 16.5. The van der Waals surface area contributed by atoms with Gasteiger partial charge in [0.05, 0.1) is 29.2 Å². The van der Waals surface area contributed by atoms with Crippen LogP contribution in [0.5, 0.6) is 6.01 Å². The van der Waals surface area contributed by atoms with E-state index in [1.165, 1.54) is 13.3 Å². The first-order valence-corrected chi connectivity index (χ1v) is 11.1. The number of aromatic amines is 1. The maximum absolute atomic E-state index is 13.0. The van der Waals surface area contributed by atoms with Gasteiger partial charge in [0.25, 0.3) is 5.56 Å². The summed E-state index contributed by atoms with van der Waals surface area (Å²) >= 11 is 0. The van der Waals surface area contributed by atoms with Crippen LogP contribution in [0.3, 0.4) is 0 Å². The van der Waals surface area contributed by atoms with E-state index in [9.17, 15) is 9.59 Å². The van der Waals surface area contributed by atoms with E-state index in [1.54, 1.807) is 17.0 Å². The monoisotopic (exact) mass is 447 g/mol. The van der Waals surface area contributed by atoms with Gasteiger partial charge in [-0.1, -0.05) is 6.92 Å². The summed E-state index contributed by atoms with van der Waals surface area (Å²) in [6.07, 6.45) is 7.54. The Morgan fingerprint density at radius 2 is 1.85 bits per heavy atom. The molecule has 0 saturated carbocycles. The first-order chi connectivity index (χ1) is 16.1. The van der Waals surface area contributed by atoms with Crippen molar-refractivity contribution in [3.05, 3.63) is 51.6 Å². The van der Waals surface area contributed by atoms with Crippen LogP contribution in [0.15, 0.2) is 40.3 Å². The molecule has 33 heavy (non-hydrogen) atoms. The molecule has 0 spiro atoms. The van der Waals surface area contributed by atoms with Crippen molar-refractivity contribution in [2.24, 2.45) is 0 Å². The Balaban J connectivity index is 1.69. The molecule has 5 heterocycles. The molecule has 0 bridgehead atoms. The third kappa shape index (κ3) is 3.86. The molecule has 5 rings (SSSR count). The zero-order valence-electron chi connectivity index (χ0n) is 18.6. The van der Waals surface area contributed by atoms with E-state index < -0.39 is 11.2 Å². The van der Waals surface area contributed by atoms with Crippen LogP contribution >= 0.6 is 0 Å². The van der Waals surface area contributed by atoms with Gasteiger partial charge in [-0.3, -0.25) is 19.3 Å². The summed E-state index contributed by atoms with van der Waals surface area (Å²) in [6, 6.07) is 3.90. The molecule has 1 aliphatic rings. The molecule has 0 aromatic carbocycles. The highest BCUT2D eigenvalue weighted by Crippen LogP contribution is 2.28. The molecule has 0 amide bonds. The molecule has 1 aliphatic heterocycles. The normalized spacial score (nSPS) is 15.3. The lowest BCUT2D eigenvalue weighted by Gasteiger charge is -2.33. The first-order valence-electron chi connectivity index (χ1n) is 11.1. The van der Waals surface area contributed by atoms with Crippen LogP contribution in [0, 0.1) is 0 Å². The number of hydrogen-bond acceptors (Lipinski definition) is 8. The second-order valence-corrected chi connectivity index (χ2v) is 8.25. The highest BCUT2D eigenvalue weighted by molar-refractivity contribution is 6.01. The average Bonchev–Trinajstić information content (AvgIpc) is 2.85. The van der Waals surface area contributed by atoms with Crippen molar-refractivity contribution in [1.29, 1.82) is 0 Å². The summed E-state index contributed by atoms with van der Waals surface area (Å²) < 4.78 is 6.75. The van der Waals surface area contributed by atoms with Gasteiger partial charge in [-0.2, -0.15) is 0 Å². The van der Waals surface area contributed by atoms with E-state index >= 15 is 0 Å². The second-order valence-electron chi connectivity index (χ2n) is 8.25. The fraction of sp³-hybridized carbons (Fsp3) is 0.391. The minimum atomic E-state index is -0.455. The Morgan fingerprint density at radius 1 is 1.09 bits per heavy atom. The second kappa shape index (κ2) is 8.70. The topological polar surface area (TPSA) is 119 Å². The number of hydrogen-bond donors (Lipinski definition) is 1. The molecule has 0 atom stereocenters. The summed E-state index contributed by atoms with van der Waals surface area (Å²) in [6.45, 7) is 5.05. The fourth-order valence-corrected chi connectivity index (χ4v) is 4.57. The molecule has 1 N–H and O–H groups in total. The van der Waals surface area contributed by atoms with Crippen LogP contribution < -0.4 is 16.0 Å². The van der Waals surface area contributed by atoms with Gasteiger partial charge in [0.15, 0.2) is 0 Å². The van der Waals surface area contributed by atoms with Gasteiger partial charge >= 0.3 is 11.7 Å². The predicted octanol–water partition coefficient (Wildman–Crippen LogP) is 2.15. The molecule has 1 saturated heterocycles. The minimum absolute atomic E-state index is 0.0228. The van der Waals surface area contributed by atoms with Crippen molar-refractivity contribution >= 4 is 21.9 Å². The standard InChI is InChI=1S/C23H25N7O3/c1-3-8-29-9-6-15(7-10-29)30-20-16(21(31)28-23(30)32)13-24-18-5-4-17(27-19(18)20)14-11-25-22(33-2)26-12-14/h4-5,11-13,15H,3,6-10H2,1-2H3,(H,28,31,32). The van der Waals surface area contributed by atoms with Crippen molar-refractivity contribution < 1.29 is 4.74 Å². The van der Waals surface area contributed by atoms with Crippen molar-refractivity contribution in [2.75, 3.05) is 26.7 Å². The maximum Gasteiger partial charge on any atom is 0.329 e. The number of piperidine rings is 1. The molecular weight excluding hydrogens is 422 g/mol. The first kappa shape index (κ1) is 21.2. The number of likely N-dealkylation sites (tertiary alicyclic amines) is 1. The van der Waals surface area contributed by atoms with E-state index in [-0.39, 0.29) is 12.1 Å². The summed E-state index contributed by atoms with van der Waals surface area (Å²) in [4.78, 5) is 48.1. The summed E-state index contributed by atoms with van der Waals surface area (Å²) in [5, 5.41) is 0.355. The van der Waals surface area contributed by atoms with E-state index in [0.29, 0.717) is 33.2 Å².